The number of hydrogen-bond acceptors (Lipinski definition) is 4. The lowest BCUT2D eigenvalue weighted by molar-refractivity contribution is -0.141. The third-order valence-electron chi connectivity index (χ3n) is 4.76. The van der Waals surface area contributed by atoms with Gasteiger partial charge in [-0.05, 0) is 31.4 Å². The van der Waals surface area contributed by atoms with Crippen LogP contribution in [0.3, 0.4) is 0 Å². The van der Waals surface area contributed by atoms with E-state index in [1.165, 1.54) is 6.92 Å². The summed E-state index contributed by atoms with van der Waals surface area (Å²) in [7, 11) is 0. The molecule has 1 aromatic heterocycles. The number of amides is 1. The normalized spacial score (nSPS) is 19.0. The van der Waals surface area contributed by atoms with Crippen molar-refractivity contribution in [1.82, 2.24) is 20.6 Å². The topological polar surface area (TPSA) is 66.9 Å². The average Bonchev–Trinajstić information content (AvgIpc) is 3.39. The molecule has 1 aromatic rings. The molecule has 1 amide bonds. The van der Waals surface area contributed by atoms with Gasteiger partial charge in [-0.3, -0.25) is 4.79 Å². The van der Waals surface area contributed by atoms with E-state index >= 15 is 0 Å². The quantitative estimate of drug-likeness (QED) is 0.753. The van der Waals surface area contributed by atoms with Gasteiger partial charge in [0.15, 0.2) is 11.4 Å². The van der Waals surface area contributed by atoms with Crippen LogP contribution in [0.15, 0.2) is 35.3 Å². The molecule has 0 atom stereocenters. The number of nitrogens with one attached hydrogen (secondary N) is 2. The van der Waals surface area contributed by atoms with Crippen molar-refractivity contribution >= 4 is 5.91 Å². The van der Waals surface area contributed by atoms with Gasteiger partial charge in [-0.25, -0.2) is 9.97 Å². The Morgan fingerprint density at radius 2 is 1.79 bits per heavy atom. The lowest BCUT2D eigenvalue weighted by atomic mass is 9.93. The van der Waals surface area contributed by atoms with Crippen molar-refractivity contribution in [3.05, 3.63) is 46.7 Å². The van der Waals surface area contributed by atoms with E-state index in [1.54, 1.807) is 0 Å². The molecule has 0 spiro atoms. The number of hydrogen-bond donors (Lipinski definition) is 2. The lowest BCUT2D eigenvalue weighted by Gasteiger charge is -2.28. The van der Waals surface area contributed by atoms with Crippen LogP contribution >= 0.6 is 0 Å². The van der Waals surface area contributed by atoms with Crippen LogP contribution in [0.5, 0.6) is 0 Å². The van der Waals surface area contributed by atoms with Gasteiger partial charge in [0, 0.05) is 36.6 Å². The van der Waals surface area contributed by atoms with Crippen LogP contribution in [0.25, 0.3) is 0 Å². The molecule has 0 aromatic carbocycles. The van der Waals surface area contributed by atoms with Crippen molar-refractivity contribution in [3.63, 3.8) is 0 Å². The van der Waals surface area contributed by atoms with Crippen LogP contribution in [-0.4, -0.2) is 35.1 Å². The molecule has 2 aliphatic rings. The molecule has 2 N–H and O–H groups in total. The molecule has 5 nitrogen and oxygen atoms in total. The summed E-state index contributed by atoms with van der Waals surface area (Å²) in [6.07, 6.45) is -5.21. The van der Waals surface area contributed by atoms with Crippen LogP contribution in [0.4, 0.5) is 26.3 Å². The fourth-order valence-electron chi connectivity index (χ4n) is 3.21. The largest absolute Gasteiger partial charge is 0.435 e. The highest BCUT2D eigenvalue weighted by Crippen LogP contribution is 2.52. The predicted molar refractivity (Wildman–Crippen MR) is 85.9 cm³/mol. The zero-order chi connectivity index (χ0) is 20.7. The number of carbonyl (C=O) groups is 1. The molecule has 1 saturated carbocycles. The number of dihydropyridines is 1. The Hall–Kier alpha value is -2.59. The van der Waals surface area contributed by atoms with E-state index in [0.717, 1.165) is 18.5 Å². The number of nitrogens with zero attached hydrogens (tertiary/aromatic N) is 2. The summed E-state index contributed by atoms with van der Waals surface area (Å²) >= 11 is 0. The van der Waals surface area contributed by atoms with Gasteiger partial charge >= 0.3 is 12.4 Å². The minimum Gasteiger partial charge on any atom is -0.384 e. The number of halogens is 6. The molecule has 0 saturated heterocycles. The maximum atomic E-state index is 13.0. The van der Waals surface area contributed by atoms with E-state index in [2.05, 4.69) is 20.6 Å². The Morgan fingerprint density at radius 1 is 1.14 bits per heavy atom. The third-order valence-corrected chi connectivity index (χ3v) is 4.76. The molecule has 11 heteroatoms. The fourth-order valence-corrected chi connectivity index (χ4v) is 3.21. The zero-order valence-corrected chi connectivity index (χ0v) is 14.6. The zero-order valence-electron chi connectivity index (χ0n) is 14.6. The molecule has 28 heavy (non-hydrogen) atoms. The minimum atomic E-state index is -4.83. The molecule has 0 radical (unpaired) electrons. The van der Waals surface area contributed by atoms with Crippen LogP contribution in [-0.2, 0) is 6.18 Å². The SMILES string of the molecule is CC1=C(C2(CNC(=O)c3nccnc3C(F)(F)F)CC2)NCC(C(F)(F)F)=C1. The van der Waals surface area contributed by atoms with Gasteiger partial charge in [-0.1, -0.05) is 0 Å². The lowest BCUT2D eigenvalue weighted by Crippen LogP contribution is -2.39. The number of rotatable bonds is 4. The molecule has 152 valence electrons. The fraction of sp³-hybridized carbons (Fsp3) is 0.471. The summed E-state index contributed by atoms with van der Waals surface area (Å²) in [5, 5.41) is 5.17. The Labute approximate surface area is 155 Å². The number of allylic oxidation sites excluding steroid dienone is 2. The minimum absolute atomic E-state index is 0.0193. The summed E-state index contributed by atoms with van der Waals surface area (Å²) in [5.41, 5.74) is -2.60. The van der Waals surface area contributed by atoms with Crippen molar-refractivity contribution in [1.29, 1.82) is 0 Å². The molecular formula is C17H16F6N4O. The number of alkyl halides is 6. The molecule has 0 bridgehead atoms. The summed E-state index contributed by atoms with van der Waals surface area (Å²) in [6, 6.07) is 0. The van der Waals surface area contributed by atoms with Crippen LogP contribution < -0.4 is 10.6 Å². The van der Waals surface area contributed by atoms with Gasteiger partial charge in [0.1, 0.15) is 0 Å². The van der Waals surface area contributed by atoms with Crippen molar-refractivity contribution in [2.24, 2.45) is 5.41 Å². The number of carbonyl (C=O) groups excluding carboxylic acids is 1. The van der Waals surface area contributed by atoms with E-state index in [1.807, 2.05) is 0 Å². The smallest absolute Gasteiger partial charge is 0.384 e. The molecule has 2 heterocycles. The van der Waals surface area contributed by atoms with Crippen molar-refractivity contribution < 1.29 is 31.1 Å². The second kappa shape index (κ2) is 6.78. The maximum absolute atomic E-state index is 13.0. The Bertz CT molecular complexity index is 852. The van der Waals surface area contributed by atoms with Gasteiger partial charge in [0.2, 0.25) is 0 Å². The van der Waals surface area contributed by atoms with E-state index in [9.17, 15) is 31.1 Å². The highest BCUT2D eigenvalue weighted by atomic mass is 19.4. The van der Waals surface area contributed by atoms with Gasteiger partial charge in [0.05, 0.1) is 5.57 Å². The monoisotopic (exact) mass is 406 g/mol. The standard InChI is InChI=1S/C17H16F6N4O/c1-9-6-10(16(18,19)20)7-26-12(9)15(2-3-15)8-27-14(28)11-13(17(21,22)23)25-5-4-24-11/h4-6,26H,2-3,7-8H2,1H3,(H,27,28). The van der Waals surface area contributed by atoms with Crippen molar-refractivity contribution in [2.75, 3.05) is 13.1 Å². The van der Waals surface area contributed by atoms with E-state index < -0.39 is 47.2 Å². The van der Waals surface area contributed by atoms with Gasteiger partial charge in [0.25, 0.3) is 5.91 Å². The number of aromatic nitrogens is 2. The second-order valence-electron chi connectivity index (χ2n) is 6.79. The summed E-state index contributed by atoms with van der Waals surface area (Å²) in [5.74, 6) is -1.03. The molecule has 1 aliphatic carbocycles. The van der Waals surface area contributed by atoms with Crippen LogP contribution in [0, 0.1) is 5.41 Å². The first-order valence-electron chi connectivity index (χ1n) is 8.33. The highest BCUT2D eigenvalue weighted by Gasteiger charge is 2.49. The van der Waals surface area contributed by atoms with Gasteiger partial charge in [-0.2, -0.15) is 26.3 Å². The summed E-state index contributed by atoms with van der Waals surface area (Å²) in [4.78, 5) is 18.9. The molecular weight excluding hydrogens is 390 g/mol. The maximum Gasteiger partial charge on any atom is 0.435 e. The van der Waals surface area contributed by atoms with Crippen LogP contribution in [0.1, 0.15) is 35.9 Å². The Balaban J connectivity index is 1.76. The molecule has 1 aliphatic heterocycles. The second-order valence-corrected chi connectivity index (χ2v) is 6.79. The first-order chi connectivity index (χ1) is 12.9. The molecule has 0 unspecified atom stereocenters. The predicted octanol–water partition coefficient (Wildman–Crippen LogP) is 3.37. The highest BCUT2D eigenvalue weighted by molar-refractivity contribution is 5.93. The Morgan fingerprint density at radius 3 is 2.32 bits per heavy atom. The molecule has 1 fully saturated rings. The molecule has 3 rings (SSSR count). The van der Waals surface area contributed by atoms with Gasteiger partial charge in [-0.15, -0.1) is 0 Å². The van der Waals surface area contributed by atoms with Crippen LogP contribution in [0.2, 0.25) is 0 Å². The average molecular weight is 406 g/mol. The van der Waals surface area contributed by atoms with Crippen molar-refractivity contribution in [3.8, 4) is 0 Å². The van der Waals surface area contributed by atoms with E-state index in [-0.39, 0.29) is 6.54 Å². The van der Waals surface area contributed by atoms with Crippen molar-refractivity contribution in [2.45, 2.75) is 32.1 Å². The Kier molecular flexibility index (Phi) is 4.88. The first kappa shape index (κ1) is 20.2. The summed E-state index contributed by atoms with van der Waals surface area (Å²) in [6.45, 7) is 1.11. The first-order valence-corrected chi connectivity index (χ1v) is 8.33. The third kappa shape index (κ3) is 3.97. The van der Waals surface area contributed by atoms with E-state index in [0.29, 0.717) is 24.1 Å². The summed E-state index contributed by atoms with van der Waals surface area (Å²) < 4.78 is 77.4. The van der Waals surface area contributed by atoms with E-state index in [4.69, 9.17) is 0 Å². The van der Waals surface area contributed by atoms with Gasteiger partial charge < -0.3 is 10.6 Å².